The smallest absolute Gasteiger partial charge is 0.164 e. The van der Waals surface area contributed by atoms with Gasteiger partial charge in [-0.25, -0.2) is 15.0 Å². The Morgan fingerprint density at radius 3 is 1.57 bits per heavy atom. The highest BCUT2D eigenvalue weighted by Gasteiger charge is 2.27. The summed E-state index contributed by atoms with van der Waals surface area (Å²) in [6.07, 6.45) is 2.02. The Balaban J connectivity index is 1.14. The number of hydrogen-bond donors (Lipinski definition) is 0. The van der Waals surface area contributed by atoms with Gasteiger partial charge < -0.3 is 9.13 Å². The van der Waals surface area contributed by atoms with E-state index in [2.05, 4.69) is 161 Å². The van der Waals surface area contributed by atoms with Gasteiger partial charge in [0.15, 0.2) is 17.5 Å². The molecule has 0 aliphatic heterocycles. The molecular formula is C53H35N5. The van der Waals surface area contributed by atoms with E-state index in [1.54, 1.807) is 0 Å². The van der Waals surface area contributed by atoms with Crippen molar-refractivity contribution in [2.75, 3.05) is 0 Å². The van der Waals surface area contributed by atoms with Crippen molar-refractivity contribution in [1.29, 1.82) is 0 Å². The first-order valence-electron chi connectivity index (χ1n) is 19.9. The molecule has 0 N–H and O–H groups in total. The van der Waals surface area contributed by atoms with Crippen LogP contribution in [0.2, 0.25) is 0 Å². The third kappa shape index (κ3) is 5.07. The van der Waals surface area contributed by atoms with Crippen molar-refractivity contribution < 1.29 is 0 Å². The molecule has 3 aromatic heterocycles. The van der Waals surface area contributed by atoms with Gasteiger partial charge in [0.05, 0.1) is 22.1 Å². The molecule has 0 saturated heterocycles. The molecule has 272 valence electrons. The van der Waals surface area contributed by atoms with Crippen LogP contribution in [-0.4, -0.2) is 24.1 Å². The SMILES string of the molecule is c1ccc(-c2ccc(-n3c4ccccc4c4cc5c6c7c(cccc7n(-c7cccc(-c8nc(-c9ccccc9)nc(-c9ccccc9)n8)c7)c6c43)CC5)cc2)cc1. The van der Waals surface area contributed by atoms with E-state index in [0.29, 0.717) is 17.5 Å². The lowest BCUT2D eigenvalue weighted by Crippen LogP contribution is -2.02. The maximum absolute atomic E-state index is 5.11. The highest BCUT2D eigenvalue weighted by atomic mass is 15.1. The molecule has 0 fully saturated rings. The van der Waals surface area contributed by atoms with Crippen LogP contribution in [0.3, 0.4) is 0 Å². The third-order valence-corrected chi connectivity index (χ3v) is 11.8. The van der Waals surface area contributed by atoms with Crippen LogP contribution < -0.4 is 0 Å². The Labute approximate surface area is 335 Å². The molecular weight excluding hydrogens is 707 g/mol. The van der Waals surface area contributed by atoms with Crippen LogP contribution in [-0.2, 0) is 12.8 Å². The van der Waals surface area contributed by atoms with Crippen LogP contribution in [0.1, 0.15) is 11.1 Å². The molecule has 0 spiro atoms. The number of fused-ring (bicyclic) bond motifs is 4. The van der Waals surface area contributed by atoms with Crippen LogP contribution in [0.5, 0.6) is 0 Å². The van der Waals surface area contributed by atoms with Crippen LogP contribution >= 0.6 is 0 Å². The zero-order valence-corrected chi connectivity index (χ0v) is 31.5. The van der Waals surface area contributed by atoms with Crippen molar-refractivity contribution >= 4 is 43.6 Å². The number of hydrogen-bond acceptors (Lipinski definition) is 3. The summed E-state index contributed by atoms with van der Waals surface area (Å²) in [6, 6.07) is 66.9. The minimum absolute atomic E-state index is 0.638. The first-order chi connectivity index (χ1) is 28.8. The fourth-order valence-electron chi connectivity index (χ4n) is 9.21. The summed E-state index contributed by atoms with van der Waals surface area (Å²) in [4.78, 5) is 15.2. The molecule has 1 aliphatic carbocycles. The van der Waals surface area contributed by atoms with Crippen molar-refractivity contribution in [3.63, 3.8) is 0 Å². The molecule has 0 atom stereocenters. The predicted molar refractivity (Wildman–Crippen MR) is 238 cm³/mol. The van der Waals surface area contributed by atoms with Gasteiger partial charge in [-0.1, -0.05) is 146 Å². The number of benzene rings is 8. The van der Waals surface area contributed by atoms with E-state index in [-0.39, 0.29) is 0 Å². The van der Waals surface area contributed by atoms with Gasteiger partial charge in [0.2, 0.25) is 0 Å². The van der Waals surface area contributed by atoms with Crippen molar-refractivity contribution in [3.05, 3.63) is 199 Å². The Kier molecular flexibility index (Phi) is 7.29. The van der Waals surface area contributed by atoms with E-state index < -0.39 is 0 Å². The molecule has 8 aromatic carbocycles. The van der Waals surface area contributed by atoms with E-state index in [1.807, 2.05) is 36.4 Å². The highest BCUT2D eigenvalue weighted by Crippen LogP contribution is 2.46. The van der Waals surface area contributed by atoms with Gasteiger partial charge in [-0.2, -0.15) is 0 Å². The van der Waals surface area contributed by atoms with Crippen molar-refractivity contribution in [1.82, 2.24) is 24.1 Å². The summed E-state index contributed by atoms with van der Waals surface area (Å²) in [5.74, 6) is 1.94. The second-order valence-electron chi connectivity index (χ2n) is 15.2. The molecule has 0 bridgehead atoms. The number of nitrogens with zero attached hydrogens (tertiary/aromatic N) is 5. The fourth-order valence-corrected chi connectivity index (χ4v) is 9.21. The molecule has 12 rings (SSSR count). The summed E-state index contributed by atoms with van der Waals surface area (Å²) in [6.45, 7) is 0. The normalized spacial score (nSPS) is 12.3. The number of para-hydroxylation sites is 1. The van der Waals surface area contributed by atoms with E-state index in [1.165, 1.54) is 65.9 Å². The zero-order chi connectivity index (χ0) is 38.2. The van der Waals surface area contributed by atoms with E-state index in [9.17, 15) is 0 Å². The molecule has 1 aliphatic rings. The zero-order valence-electron chi connectivity index (χ0n) is 31.5. The molecule has 0 saturated carbocycles. The quantitative estimate of drug-likeness (QED) is 0.170. The highest BCUT2D eigenvalue weighted by molar-refractivity contribution is 6.26. The summed E-state index contributed by atoms with van der Waals surface area (Å²) in [5, 5.41) is 5.22. The summed E-state index contributed by atoms with van der Waals surface area (Å²) < 4.78 is 4.98. The average molecular weight is 742 g/mol. The van der Waals surface area contributed by atoms with Crippen LogP contribution in [0.4, 0.5) is 0 Å². The summed E-state index contributed by atoms with van der Waals surface area (Å²) in [7, 11) is 0. The maximum atomic E-state index is 5.11. The van der Waals surface area contributed by atoms with Gasteiger partial charge in [-0.05, 0) is 77.6 Å². The Bertz CT molecular complexity index is 3310. The number of aryl methyl sites for hydroxylation is 2. The average Bonchev–Trinajstić information content (AvgIpc) is 3.83. The molecule has 3 heterocycles. The minimum atomic E-state index is 0.638. The minimum Gasteiger partial charge on any atom is -0.307 e. The first-order valence-corrected chi connectivity index (χ1v) is 19.9. The second kappa shape index (κ2) is 13.0. The van der Waals surface area contributed by atoms with Gasteiger partial charge in [0.1, 0.15) is 0 Å². The molecule has 58 heavy (non-hydrogen) atoms. The summed E-state index contributed by atoms with van der Waals surface area (Å²) >= 11 is 0. The first kappa shape index (κ1) is 32.6. The van der Waals surface area contributed by atoms with Gasteiger partial charge in [0, 0.05) is 49.6 Å². The lowest BCUT2D eigenvalue weighted by molar-refractivity contribution is 0.971. The van der Waals surface area contributed by atoms with E-state index in [0.717, 1.165) is 40.9 Å². The van der Waals surface area contributed by atoms with Crippen molar-refractivity contribution in [2.24, 2.45) is 0 Å². The Morgan fingerprint density at radius 2 is 0.862 bits per heavy atom. The number of aromatic nitrogens is 5. The van der Waals surface area contributed by atoms with E-state index in [4.69, 9.17) is 15.0 Å². The molecule has 0 radical (unpaired) electrons. The van der Waals surface area contributed by atoms with Gasteiger partial charge in [0.25, 0.3) is 0 Å². The topological polar surface area (TPSA) is 48.5 Å². The third-order valence-electron chi connectivity index (χ3n) is 11.8. The van der Waals surface area contributed by atoms with Gasteiger partial charge in [-0.3, -0.25) is 0 Å². The second-order valence-corrected chi connectivity index (χ2v) is 15.2. The molecule has 0 unspecified atom stereocenters. The lowest BCUT2D eigenvalue weighted by atomic mass is 9.90. The van der Waals surface area contributed by atoms with Crippen LogP contribution in [0.25, 0.3) is 100 Å². The number of rotatable bonds is 6. The van der Waals surface area contributed by atoms with Crippen molar-refractivity contribution in [2.45, 2.75) is 12.8 Å². The van der Waals surface area contributed by atoms with Crippen LogP contribution in [0, 0.1) is 0 Å². The van der Waals surface area contributed by atoms with Crippen molar-refractivity contribution in [3.8, 4) is 56.7 Å². The molecule has 11 aromatic rings. The largest absolute Gasteiger partial charge is 0.307 e. The van der Waals surface area contributed by atoms with Gasteiger partial charge in [-0.15, -0.1) is 0 Å². The molecule has 5 heteroatoms. The van der Waals surface area contributed by atoms with Gasteiger partial charge >= 0.3 is 0 Å². The predicted octanol–water partition coefficient (Wildman–Crippen LogP) is 12.8. The lowest BCUT2D eigenvalue weighted by Gasteiger charge is -2.16. The standard InChI is InChI=1S/C53H35N5/c1-4-14-34(15-5-1)35-28-30-41(31-29-35)57-45-24-11-10-23-43(45)44-33-39-27-26-36-20-13-25-46-47(36)48(39)50(49(44)57)58(46)42-22-12-21-40(32-42)53-55-51(37-16-6-2-7-17-37)54-52(56-53)38-18-8-3-9-19-38/h1-25,28-33H,26-27H2. The van der Waals surface area contributed by atoms with Crippen LogP contribution in [0.15, 0.2) is 188 Å². The molecule has 5 nitrogen and oxygen atoms in total. The van der Waals surface area contributed by atoms with E-state index >= 15 is 0 Å². The monoisotopic (exact) mass is 741 g/mol. The Morgan fingerprint density at radius 1 is 0.328 bits per heavy atom. The summed E-state index contributed by atoms with van der Waals surface area (Å²) in [5.41, 5.74) is 15.1. The molecule has 0 amide bonds. The fraction of sp³-hybridized carbons (Fsp3) is 0.0377. The Hall–Kier alpha value is -7.63. The maximum Gasteiger partial charge on any atom is 0.164 e.